The van der Waals surface area contributed by atoms with Crippen LogP contribution in [-0.2, 0) is 4.79 Å². The van der Waals surface area contributed by atoms with E-state index in [4.69, 9.17) is 17.3 Å². The summed E-state index contributed by atoms with van der Waals surface area (Å²) in [7, 11) is 0. The van der Waals surface area contributed by atoms with Gasteiger partial charge in [0, 0.05) is 5.69 Å². The van der Waals surface area contributed by atoms with E-state index in [9.17, 15) is 4.79 Å². The molecule has 1 unspecified atom stereocenters. The number of nitrogens with zero attached hydrogens (tertiary/aromatic N) is 3. The molecule has 0 aliphatic rings. The Morgan fingerprint density at radius 3 is 2.94 bits per heavy atom. The van der Waals surface area contributed by atoms with Crippen LogP contribution in [0.25, 0.3) is 0 Å². The zero-order chi connectivity index (χ0) is 13.1. The summed E-state index contributed by atoms with van der Waals surface area (Å²) >= 11 is 5.97. The molecule has 0 aliphatic heterocycles. The molecule has 3 N–H and O–H groups in total. The van der Waals surface area contributed by atoms with E-state index in [2.05, 4.69) is 15.4 Å². The summed E-state index contributed by atoms with van der Waals surface area (Å²) in [5.74, 6) is -0.229. The number of amides is 1. The van der Waals surface area contributed by atoms with Gasteiger partial charge in [-0.1, -0.05) is 11.6 Å². The van der Waals surface area contributed by atoms with Crippen LogP contribution < -0.4 is 11.1 Å². The largest absolute Gasteiger partial charge is 0.399 e. The van der Waals surface area contributed by atoms with E-state index < -0.39 is 6.04 Å². The predicted molar refractivity (Wildman–Crippen MR) is 69.2 cm³/mol. The fourth-order valence-electron chi connectivity index (χ4n) is 1.41. The van der Waals surface area contributed by atoms with E-state index in [0.717, 1.165) is 0 Å². The Bertz CT molecular complexity index is 555. The second-order valence-electron chi connectivity index (χ2n) is 3.78. The van der Waals surface area contributed by atoms with Gasteiger partial charge in [0.05, 0.1) is 10.7 Å². The van der Waals surface area contributed by atoms with E-state index in [0.29, 0.717) is 16.4 Å². The molecule has 1 aromatic heterocycles. The topological polar surface area (TPSA) is 85.8 Å². The molecule has 0 aliphatic carbocycles. The number of hydrogen-bond donors (Lipinski definition) is 2. The Morgan fingerprint density at radius 2 is 2.33 bits per heavy atom. The van der Waals surface area contributed by atoms with Crippen LogP contribution in [0.4, 0.5) is 11.4 Å². The molecule has 0 saturated carbocycles. The van der Waals surface area contributed by atoms with Gasteiger partial charge >= 0.3 is 0 Å². The lowest BCUT2D eigenvalue weighted by Gasteiger charge is -2.13. The SMILES string of the molecule is CC(C(=O)Nc1ccc(N)cc1Cl)n1cncn1. The molecular formula is C11H12ClN5O. The zero-order valence-corrected chi connectivity index (χ0v) is 10.4. The summed E-state index contributed by atoms with van der Waals surface area (Å²) in [5, 5.41) is 7.01. The molecule has 0 spiro atoms. The number of anilines is 2. The molecule has 2 rings (SSSR count). The summed E-state index contributed by atoms with van der Waals surface area (Å²) in [4.78, 5) is 15.7. The number of nitrogens with two attached hydrogens (primary N) is 1. The number of benzene rings is 1. The minimum atomic E-state index is -0.471. The number of carbonyl (C=O) groups is 1. The fourth-order valence-corrected chi connectivity index (χ4v) is 1.64. The molecule has 18 heavy (non-hydrogen) atoms. The molecular weight excluding hydrogens is 254 g/mol. The molecule has 1 aromatic carbocycles. The van der Waals surface area contributed by atoms with Crippen LogP contribution in [0.1, 0.15) is 13.0 Å². The van der Waals surface area contributed by atoms with Gasteiger partial charge in [-0.25, -0.2) is 9.67 Å². The summed E-state index contributed by atoms with van der Waals surface area (Å²) in [6, 6.07) is 4.43. The lowest BCUT2D eigenvalue weighted by molar-refractivity contribution is -0.119. The zero-order valence-electron chi connectivity index (χ0n) is 9.67. The molecule has 0 fully saturated rings. The summed E-state index contributed by atoms with van der Waals surface area (Å²) in [6.45, 7) is 1.72. The molecule has 1 amide bonds. The van der Waals surface area contributed by atoms with Crippen molar-refractivity contribution in [3.05, 3.63) is 35.9 Å². The highest BCUT2D eigenvalue weighted by Gasteiger charge is 2.16. The number of nitrogen functional groups attached to an aromatic ring is 1. The van der Waals surface area contributed by atoms with Gasteiger partial charge in [0.1, 0.15) is 18.7 Å². The molecule has 6 nitrogen and oxygen atoms in total. The number of nitrogens with one attached hydrogen (secondary N) is 1. The van der Waals surface area contributed by atoms with Gasteiger partial charge in [-0.2, -0.15) is 5.10 Å². The second-order valence-corrected chi connectivity index (χ2v) is 4.19. The van der Waals surface area contributed by atoms with Crippen molar-refractivity contribution in [1.29, 1.82) is 0 Å². The van der Waals surface area contributed by atoms with Crippen LogP contribution in [0, 0.1) is 0 Å². The van der Waals surface area contributed by atoms with Crippen LogP contribution in [0.2, 0.25) is 5.02 Å². The first-order chi connectivity index (χ1) is 8.58. The van der Waals surface area contributed by atoms with Gasteiger partial charge < -0.3 is 11.1 Å². The first kappa shape index (κ1) is 12.4. The van der Waals surface area contributed by atoms with Gasteiger partial charge in [0.25, 0.3) is 0 Å². The van der Waals surface area contributed by atoms with Crippen LogP contribution in [0.15, 0.2) is 30.9 Å². The third-order valence-electron chi connectivity index (χ3n) is 2.46. The molecule has 1 heterocycles. The van der Waals surface area contributed by atoms with Crippen LogP contribution in [0.3, 0.4) is 0 Å². The Balaban J connectivity index is 2.12. The van der Waals surface area contributed by atoms with Gasteiger partial charge in [0.2, 0.25) is 5.91 Å². The quantitative estimate of drug-likeness (QED) is 0.828. The minimum Gasteiger partial charge on any atom is -0.399 e. The van der Waals surface area contributed by atoms with Crippen LogP contribution in [-0.4, -0.2) is 20.7 Å². The normalized spacial score (nSPS) is 12.1. The van der Waals surface area contributed by atoms with E-state index in [1.165, 1.54) is 17.3 Å². The fraction of sp³-hybridized carbons (Fsp3) is 0.182. The molecule has 7 heteroatoms. The number of hydrogen-bond acceptors (Lipinski definition) is 4. The lowest BCUT2D eigenvalue weighted by atomic mass is 10.2. The lowest BCUT2D eigenvalue weighted by Crippen LogP contribution is -2.24. The Kier molecular flexibility index (Phi) is 3.47. The van der Waals surface area contributed by atoms with Crippen molar-refractivity contribution in [1.82, 2.24) is 14.8 Å². The third-order valence-corrected chi connectivity index (χ3v) is 2.78. The van der Waals surface area contributed by atoms with Crippen molar-refractivity contribution in [2.24, 2.45) is 0 Å². The Hall–Kier alpha value is -2.08. The van der Waals surface area contributed by atoms with Crippen molar-refractivity contribution in [3.8, 4) is 0 Å². The van der Waals surface area contributed by atoms with Crippen molar-refractivity contribution in [2.75, 3.05) is 11.1 Å². The highest BCUT2D eigenvalue weighted by atomic mass is 35.5. The Labute approximate surface area is 109 Å². The third kappa shape index (κ3) is 2.60. The van der Waals surface area contributed by atoms with Crippen LogP contribution >= 0.6 is 11.6 Å². The van der Waals surface area contributed by atoms with Gasteiger partial charge in [0.15, 0.2) is 0 Å². The summed E-state index contributed by atoms with van der Waals surface area (Å²) in [6.07, 6.45) is 2.86. The molecule has 0 saturated heterocycles. The standard InChI is InChI=1S/C11H12ClN5O/c1-7(17-6-14-5-15-17)11(18)16-10-3-2-8(13)4-9(10)12/h2-7H,13H2,1H3,(H,16,18). The smallest absolute Gasteiger partial charge is 0.249 e. The number of rotatable bonds is 3. The maximum absolute atomic E-state index is 12.0. The number of aromatic nitrogens is 3. The van der Waals surface area contributed by atoms with E-state index >= 15 is 0 Å². The van der Waals surface area contributed by atoms with Crippen molar-refractivity contribution in [3.63, 3.8) is 0 Å². The highest BCUT2D eigenvalue weighted by Crippen LogP contribution is 2.24. The summed E-state index contributed by atoms with van der Waals surface area (Å²) < 4.78 is 1.46. The van der Waals surface area contributed by atoms with Gasteiger partial charge in [-0.15, -0.1) is 0 Å². The molecule has 2 aromatic rings. The van der Waals surface area contributed by atoms with Gasteiger partial charge in [-0.3, -0.25) is 4.79 Å². The number of carbonyl (C=O) groups excluding carboxylic acids is 1. The molecule has 1 atom stereocenters. The first-order valence-corrected chi connectivity index (χ1v) is 5.65. The summed E-state index contributed by atoms with van der Waals surface area (Å²) in [5.41, 5.74) is 6.64. The van der Waals surface area contributed by atoms with Crippen molar-refractivity contribution in [2.45, 2.75) is 13.0 Å². The maximum atomic E-state index is 12.0. The van der Waals surface area contributed by atoms with Crippen molar-refractivity contribution < 1.29 is 4.79 Å². The molecule has 0 radical (unpaired) electrons. The minimum absolute atomic E-state index is 0.229. The predicted octanol–water partition coefficient (Wildman–Crippen LogP) is 1.71. The Morgan fingerprint density at radius 1 is 1.56 bits per heavy atom. The highest BCUT2D eigenvalue weighted by molar-refractivity contribution is 6.34. The van der Waals surface area contributed by atoms with Crippen molar-refractivity contribution >= 4 is 28.9 Å². The van der Waals surface area contributed by atoms with E-state index in [1.54, 1.807) is 25.1 Å². The van der Waals surface area contributed by atoms with E-state index in [1.807, 2.05) is 0 Å². The average Bonchev–Trinajstić information content (AvgIpc) is 2.85. The molecule has 0 bridgehead atoms. The van der Waals surface area contributed by atoms with Crippen LogP contribution in [0.5, 0.6) is 0 Å². The van der Waals surface area contributed by atoms with Gasteiger partial charge in [-0.05, 0) is 25.1 Å². The second kappa shape index (κ2) is 5.05. The monoisotopic (exact) mass is 265 g/mol. The maximum Gasteiger partial charge on any atom is 0.249 e. The van der Waals surface area contributed by atoms with E-state index in [-0.39, 0.29) is 5.91 Å². The first-order valence-electron chi connectivity index (χ1n) is 5.28. The average molecular weight is 266 g/mol. The number of halogens is 1. The molecule has 94 valence electrons.